The van der Waals surface area contributed by atoms with Gasteiger partial charge in [-0.15, -0.1) is 11.3 Å². The Morgan fingerprint density at radius 2 is 2.11 bits per heavy atom. The van der Waals surface area contributed by atoms with Gasteiger partial charge in [-0.2, -0.15) is 0 Å². The molecule has 0 radical (unpaired) electrons. The number of hydrogen-bond donors (Lipinski definition) is 2. The van der Waals surface area contributed by atoms with Gasteiger partial charge in [0.15, 0.2) is 0 Å². The molecule has 0 aliphatic heterocycles. The summed E-state index contributed by atoms with van der Waals surface area (Å²) in [6, 6.07) is 0.338. The first kappa shape index (κ1) is 14.0. The molecule has 0 aromatic carbocycles. The molecule has 0 bridgehead atoms. The number of aromatic nitrogens is 1. The Balaban J connectivity index is 1.87. The first-order valence-electron chi connectivity index (χ1n) is 6.93. The molecule has 1 fully saturated rings. The topological polar surface area (TPSA) is 45.2 Å². The van der Waals surface area contributed by atoms with Gasteiger partial charge in [0.25, 0.3) is 0 Å². The molecule has 1 aromatic rings. The SMILES string of the molecule is Cc1nc(C)c(C(C)NCC2CCCCC2O)s1. The lowest BCUT2D eigenvalue weighted by atomic mass is 9.86. The van der Waals surface area contributed by atoms with Crippen molar-refractivity contribution in [1.29, 1.82) is 0 Å². The van der Waals surface area contributed by atoms with Crippen LogP contribution in [0.3, 0.4) is 0 Å². The van der Waals surface area contributed by atoms with Crippen molar-refractivity contribution in [3.8, 4) is 0 Å². The van der Waals surface area contributed by atoms with Gasteiger partial charge in [-0.1, -0.05) is 12.8 Å². The molecular weight excluding hydrogens is 244 g/mol. The minimum Gasteiger partial charge on any atom is -0.393 e. The maximum Gasteiger partial charge on any atom is 0.0900 e. The number of thiazole rings is 1. The van der Waals surface area contributed by atoms with E-state index < -0.39 is 0 Å². The van der Waals surface area contributed by atoms with E-state index in [-0.39, 0.29) is 6.10 Å². The Bertz CT molecular complexity index is 391. The van der Waals surface area contributed by atoms with Gasteiger partial charge in [-0.25, -0.2) is 4.98 Å². The van der Waals surface area contributed by atoms with Crippen LogP contribution in [-0.4, -0.2) is 22.7 Å². The molecule has 1 aromatic heterocycles. The smallest absolute Gasteiger partial charge is 0.0900 e. The van der Waals surface area contributed by atoms with Crippen LogP contribution in [0.4, 0.5) is 0 Å². The summed E-state index contributed by atoms with van der Waals surface area (Å²) in [5, 5.41) is 14.7. The predicted molar refractivity (Wildman–Crippen MR) is 76.0 cm³/mol. The lowest BCUT2D eigenvalue weighted by molar-refractivity contribution is 0.0684. The Morgan fingerprint density at radius 1 is 1.39 bits per heavy atom. The van der Waals surface area contributed by atoms with Gasteiger partial charge in [0.1, 0.15) is 0 Å². The van der Waals surface area contributed by atoms with Crippen LogP contribution in [-0.2, 0) is 0 Å². The fraction of sp³-hybridized carbons (Fsp3) is 0.786. The molecule has 2 N–H and O–H groups in total. The molecule has 3 nitrogen and oxygen atoms in total. The summed E-state index contributed by atoms with van der Waals surface area (Å²) in [4.78, 5) is 5.80. The minimum absolute atomic E-state index is 0.109. The summed E-state index contributed by atoms with van der Waals surface area (Å²) < 4.78 is 0. The molecule has 1 aliphatic carbocycles. The summed E-state index contributed by atoms with van der Waals surface area (Å²) >= 11 is 1.77. The van der Waals surface area contributed by atoms with Crippen molar-refractivity contribution in [3.05, 3.63) is 15.6 Å². The summed E-state index contributed by atoms with van der Waals surface area (Å²) in [5.41, 5.74) is 1.14. The molecule has 18 heavy (non-hydrogen) atoms. The Hall–Kier alpha value is -0.450. The van der Waals surface area contributed by atoms with Gasteiger partial charge in [0.05, 0.1) is 16.8 Å². The van der Waals surface area contributed by atoms with Crippen molar-refractivity contribution in [2.24, 2.45) is 5.92 Å². The molecule has 1 aliphatic rings. The van der Waals surface area contributed by atoms with Crippen molar-refractivity contribution in [3.63, 3.8) is 0 Å². The van der Waals surface area contributed by atoms with Crippen LogP contribution in [0.25, 0.3) is 0 Å². The highest BCUT2D eigenvalue weighted by Crippen LogP contribution is 2.27. The number of hydrogen-bond acceptors (Lipinski definition) is 4. The third kappa shape index (κ3) is 3.31. The monoisotopic (exact) mass is 268 g/mol. The number of nitrogens with one attached hydrogen (secondary N) is 1. The minimum atomic E-state index is -0.109. The molecule has 0 amide bonds. The van der Waals surface area contributed by atoms with Crippen molar-refractivity contribution in [2.45, 2.75) is 58.6 Å². The third-order valence-electron chi connectivity index (χ3n) is 3.89. The molecule has 2 rings (SSSR count). The number of aliphatic hydroxyl groups excluding tert-OH is 1. The van der Waals surface area contributed by atoms with Crippen LogP contribution in [0.15, 0.2) is 0 Å². The van der Waals surface area contributed by atoms with E-state index in [2.05, 4.69) is 31.1 Å². The average molecular weight is 268 g/mol. The van der Waals surface area contributed by atoms with E-state index in [1.165, 1.54) is 17.7 Å². The maximum atomic E-state index is 9.96. The zero-order valence-corrected chi connectivity index (χ0v) is 12.4. The van der Waals surface area contributed by atoms with Gasteiger partial charge in [0, 0.05) is 17.5 Å². The second-order valence-electron chi connectivity index (χ2n) is 5.42. The number of aryl methyl sites for hydroxylation is 2. The predicted octanol–water partition coefficient (Wildman–Crippen LogP) is 2.96. The van der Waals surface area contributed by atoms with Crippen LogP contribution in [0, 0.1) is 19.8 Å². The zero-order valence-electron chi connectivity index (χ0n) is 11.6. The highest BCUT2D eigenvalue weighted by molar-refractivity contribution is 7.11. The van der Waals surface area contributed by atoms with Gasteiger partial charge < -0.3 is 10.4 Å². The summed E-state index contributed by atoms with van der Waals surface area (Å²) in [7, 11) is 0. The highest BCUT2D eigenvalue weighted by atomic mass is 32.1. The normalized spacial score (nSPS) is 26.2. The second kappa shape index (κ2) is 6.13. The Labute approximate surface area is 114 Å². The second-order valence-corrected chi connectivity index (χ2v) is 6.66. The average Bonchev–Trinajstić information content (AvgIpc) is 2.67. The molecule has 102 valence electrons. The largest absolute Gasteiger partial charge is 0.393 e. The van der Waals surface area contributed by atoms with Crippen LogP contribution >= 0.6 is 11.3 Å². The lowest BCUT2D eigenvalue weighted by Gasteiger charge is -2.28. The quantitative estimate of drug-likeness (QED) is 0.882. The zero-order chi connectivity index (χ0) is 13.1. The first-order valence-corrected chi connectivity index (χ1v) is 7.75. The molecule has 3 unspecified atom stereocenters. The van der Waals surface area contributed by atoms with E-state index in [1.54, 1.807) is 11.3 Å². The van der Waals surface area contributed by atoms with E-state index in [1.807, 2.05) is 0 Å². The van der Waals surface area contributed by atoms with Crippen molar-refractivity contribution >= 4 is 11.3 Å². The number of nitrogens with zero attached hydrogens (tertiary/aromatic N) is 1. The van der Waals surface area contributed by atoms with Crippen LogP contribution < -0.4 is 5.32 Å². The van der Waals surface area contributed by atoms with Crippen LogP contribution in [0.2, 0.25) is 0 Å². The van der Waals surface area contributed by atoms with Gasteiger partial charge in [0.2, 0.25) is 0 Å². The fourth-order valence-corrected chi connectivity index (χ4v) is 3.75. The van der Waals surface area contributed by atoms with E-state index in [4.69, 9.17) is 0 Å². The summed E-state index contributed by atoms with van der Waals surface area (Å²) in [6.45, 7) is 7.24. The maximum absolute atomic E-state index is 9.96. The highest BCUT2D eigenvalue weighted by Gasteiger charge is 2.23. The molecule has 0 saturated heterocycles. The van der Waals surface area contributed by atoms with E-state index in [0.29, 0.717) is 12.0 Å². The standard InChI is InChI=1S/C14H24N2OS/c1-9(14-10(2)16-11(3)18-14)15-8-12-6-4-5-7-13(12)17/h9,12-13,15,17H,4-8H2,1-3H3. The van der Waals surface area contributed by atoms with Gasteiger partial charge in [-0.05, 0) is 39.5 Å². The molecule has 1 saturated carbocycles. The molecule has 4 heteroatoms. The van der Waals surface area contributed by atoms with E-state index >= 15 is 0 Å². The van der Waals surface area contributed by atoms with Gasteiger partial charge in [-0.3, -0.25) is 0 Å². The summed E-state index contributed by atoms with van der Waals surface area (Å²) in [5.74, 6) is 0.426. The first-order chi connectivity index (χ1) is 8.58. The van der Waals surface area contributed by atoms with Crippen molar-refractivity contribution < 1.29 is 5.11 Å². The van der Waals surface area contributed by atoms with Crippen molar-refractivity contribution in [2.75, 3.05) is 6.54 Å². The third-order valence-corrected chi connectivity index (χ3v) is 5.14. The molecular formula is C14H24N2OS. The van der Waals surface area contributed by atoms with Crippen LogP contribution in [0.5, 0.6) is 0 Å². The van der Waals surface area contributed by atoms with Crippen molar-refractivity contribution in [1.82, 2.24) is 10.3 Å². The lowest BCUT2D eigenvalue weighted by Crippen LogP contribution is -2.34. The Kier molecular flexibility index (Phi) is 4.76. The fourth-order valence-electron chi connectivity index (χ4n) is 2.80. The number of rotatable bonds is 4. The Morgan fingerprint density at radius 3 is 2.72 bits per heavy atom. The molecule has 0 spiro atoms. The van der Waals surface area contributed by atoms with Crippen LogP contribution in [0.1, 0.15) is 54.2 Å². The molecule has 1 heterocycles. The van der Waals surface area contributed by atoms with E-state index in [0.717, 1.165) is 30.1 Å². The molecule has 3 atom stereocenters. The number of aliphatic hydroxyl groups is 1. The van der Waals surface area contributed by atoms with E-state index in [9.17, 15) is 5.11 Å². The summed E-state index contributed by atoms with van der Waals surface area (Å²) in [6.07, 6.45) is 4.46. The van der Waals surface area contributed by atoms with Gasteiger partial charge >= 0.3 is 0 Å².